The minimum absolute atomic E-state index is 0.594. The van der Waals surface area contributed by atoms with E-state index in [1.165, 1.54) is 0 Å². The number of rotatable bonds is 0. The molecule has 0 aliphatic carbocycles. The Labute approximate surface area is 87.0 Å². The fourth-order valence-corrected chi connectivity index (χ4v) is 2.07. The molecule has 1 aromatic carbocycles. The SMILES string of the molecule is Clc1ccc(Cl)c2c(Br)[nH]nc12. The Kier molecular flexibility index (Phi) is 2.02. The van der Waals surface area contributed by atoms with Gasteiger partial charge in [-0.25, -0.2) is 0 Å². The summed E-state index contributed by atoms with van der Waals surface area (Å²) in [5, 5.41) is 8.80. The Hall–Kier alpha value is -0.250. The summed E-state index contributed by atoms with van der Waals surface area (Å²) in [5.74, 6) is 0. The normalized spacial score (nSPS) is 10.9. The summed E-state index contributed by atoms with van der Waals surface area (Å²) in [4.78, 5) is 0. The van der Waals surface area contributed by atoms with E-state index in [9.17, 15) is 0 Å². The van der Waals surface area contributed by atoms with Gasteiger partial charge in [0.1, 0.15) is 10.1 Å². The average molecular weight is 266 g/mol. The number of H-pyrrole nitrogens is 1. The number of nitrogens with zero attached hydrogens (tertiary/aromatic N) is 1. The maximum absolute atomic E-state index is 5.93. The van der Waals surface area contributed by atoms with Crippen LogP contribution < -0.4 is 0 Å². The van der Waals surface area contributed by atoms with Gasteiger partial charge in [0.25, 0.3) is 0 Å². The Morgan fingerprint density at radius 3 is 2.58 bits per heavy atom. The highest BCUT2D eigenvalue weighted by molar-refractivity contribution is 9.10. The van der Waals surface area contributed by atoms with Crippen LogP contribution in [-0.2, 0) is 0 Å². The second kappa shape index (κ2) is 2.91. The van der Waals surface area contributed by atoms with Crippen LogP contribution in [0.1, 0.15) is 0 Å². The lowest BCUT2D eigenvalue weighted by molar-refractivity contribution is 1.10. The van der Waals surface area contributed by atoms with Crippen molar-refractivity contribution in [2.24, 2.45) is 0 Å². The van der Waals surface area contributed by atoms with Crippen molar-refractivity contribution in [2.75, 3.05) is 0 Å². The summed E-state index contributed by atoms with van der Waals surface area (Å²) in [6.45, 7) is 0. The van der Waals surface area contributed by atoms with Gasteiger partial charge in [0.05, 0.1) is 15.4 Å². The fourth-order valence-electron chi connectivity index (χ4n) is 1.02. The van der Waals surface area contributed by atoms with Gasteiger partial charge in [-0.15, -0.1) is 0 Å². The van der Waals surface area contributed by atoms with Gasteiger partial charge in [0.15, 0.2) is 0 Å². The number of aromatic amines is 1. The molecule has 0 saturated heterocycles. The summed E-state index contributed by atoms with van der Waals surface area (Å²) < 4.78 is 0.755. The third-order valence-corrected chi connectivity index (χ3v) is 2.76. The molecule has 0 amide bonds. The molecule has 0 atom stereocenters. The zero-order valence-corrected chi connectivity index (χ0v) is 8.83. The average Bonchev–Trinajstić information content (AvgIpc) is 2.42. The van der Waals surface area contributed by atoms with Crippen molar-refractivity contribution in [2.45, 2.75) is 0 Å². The second-order valence-electron chi connectivity index (χ2n) is 2.29. The molecular formula is C7H3BrCl2N2. The molecule has 2 aromatic rings. The highest BCUT2D eigenvalue weighted by Crippen LogP contribution is 2.32. The van der Waals surface area contributed by atoms with Crippen LogP contribution in [0.2, 0.25) is 10.0 Å². The van der Waals surface area contributed by atoms with Crippen molar-refractivity contribution in [3.05, 3.63) is 26.8 Å². The molecule has 12 heavy (non-hydrogen) atoms. The van der Waals surface area contributed by atoms with E-state index in [1.54, 1.807) is 12.1 Å². The van der Waals surface area contributed by atoms with Gasteiger partial charge in [-0.3, -0.25) is 5.10 Å². The molecule has 0 aliphatic heterocycles. The first-order valence-corrected chi connectivity index (χ1v) is 4.72. The molecule has 0 radical (unpaired) electrons. The van der Waals surface area contributed by atoms with Crippen molar-refractivity contribution < 1.29 is 0 Å². The highest BCUT2D eigenvalue weighted by atomic mass is 79.9. The quantitative estimate of drug-likeness (QED) is 0.774. The molecule has 2 rings (SSSR count). The summed E-state index contributed by atoms with van der Waals surface area (Å²) in [6.07, 6.45) is 0. The van der Waals surface area contributed by atoms with Gasteiger partial charge in [0.2, 0.25) is 0 Å². The topological polar surface area (TPSA) is 28.7 Å². The minimum atomic E-state index is 0.594. The van der Waals surface area contributed by atoms with E-state index in [1.807, 2.05) is 0 Å². The van der Waals surface area contributed by atoms with Crippen molar-refractivity contribution >= 4 is 50.0 Å². The van der Waals surface area contributed by atoms with Crippen molar-refractivity contribution in [1.29, 1.82) is 0 Å². The van der Waals surface area contributed by atoms with Crippen LogP contribution in [0.5, 0.6) is 0 Å². The number of halogens is 3. The molecule has 1 aromatic heterocycles. The van der Waals surface area contributed by atoms with Crippen molar-refractivity contribution in [1.82, 2.24) is 10.2 Å². The highest BCUT2D eigenvalue weighted by Gasteiger charge is 2.09. The Morgan fingerprint density at radius 2 is 1.92 bits per heavy atom. The molecular weight excluding hydrogens is 263 g/mol. The third-order valence-electron chi connectivity index (χ3n) is 1.56. The molecule has 0 saturated carbocycles. The molecule has 0 fully saturated rings. The van der Waals surface area contributed by atoms with Gasteiger partial charge in [0, 0.05) is 0 Å². The zero-order chi connectivity index (χ0) is 8.72. The maximum atomic E-state index is 5.93. The van der Waals surface area contributed by atoms with Gasteiger partial charge < -0.3 is 0 Å². The minimum Gasteiger partial charge on any atom is -0.270 e. The lowest BCUT2D eigenvalue weighted by Gasteiger charge is -1.94. The predicted molar refractivity (Wildman–Crippen MR) is 53.8 cm³/mol. The van der Waals surface area contributed by atoms with E-state index in [0.717, 1.165) is 9.99 Å². The Balaban J connectivity index is 2.98. The monoisotopic (exact) mass is 264 g/mol. The first-order chi connectivity index (χ1) is 5.70. The molecule has 0 spiro atoms. The van der Waals surface area contributed by atoms with E-state index >= 15 is 0 Å². The van der Waals surface area contributed by atoms with Gasteiger partial charge in [-0.1, -0.05) is 23.2 Å². The number of hydrogen-bond acceptors (Lipinski definition) is 1. The first-order valence-electron chi connectivity index (χ1n) is 3.17. The van der Waals surface area contributed by atoms with Gasteiger partial charge in [-0.2, -0.15) is 5.10 Å². The van der Waals surface area contributed by atoms with Crippen molar-refractivity contribution in [3.63, 3.8) is 0 Å². The number of benzene rings is 1. The smallest absolute Gasteiger partial charge is 0.113 e. The number of hydrogen-bond donors (Lipinski definition) is 1. The Morgan fingerprint density at radius 1 is 1.25 bits per heavy atom. The van der Waals surface area contributed by atoms with E-state index in [-0.39, 0.29) is 0 Å². The van der Waals surface area contributed by atoms with Crippen LogP contribution in [0.25, 0.3) is 10.9 Å². The van der Waals surface area contributed by atoms with Crippen LogP contribution >= 0.6 is 39.1 Å². The number of nitrogens with one attached hydrogen (secondary N) is 1. The third kappa shape index (κ3) is 1.13. The van der Waals surface area contributed by atoms with Gasteiger partial charge in [-0.05, 0) is 28.1 Å². The van der Waals surface area contributed by atoms with Crippen LogP contribution in [0, 0.1) is 0 Å². The molecule has 1 N–H and O–H groups in total. The molecule has 0 unspecified atom stereocenters. The molecule has 2 nitrogen and oxygen atoms in total. The van der Waals surface area contributed by atoms with E-state index < -0.39 is 0 Å². The second-order valence-corrected chi connectivity index (χ2v) is 3.90. The van der Waals surface area contributed by atoms with Gasteiger partial charge >= 0.3 is 0 Å². The van der Waals surface area contributed by atoms with Crippen molar-refractivity contribution in [3.8, 4) is 0 Å². The van der Waals surface area contributed by atoms with Crippen LogP contribution in [0.3, 0.4) is 0 Å². The standard InChI is InChI=1S/C7H3BrCl2N2/c8-7-5-3(9)1-2-4(10)6(5)11-12-7/h1-2H,(H,11,12). The van der Waals surface area contributed by atoms with Crippen LogP contribution in [0.4, 0.5) is 0 Å². The molecule has 0 aliphatic rings. The molecule has 62 valence electrons. The molecule has 1 heterocycles. The number of aromatic nitrogens is 2. The number of fused-ring (bicyclic) bond motifs is 1. The summed E-state index contributed by atoms with van der Waals surface area (Å²) >= 11 is 15.1. The van der Waals surface area contributed by atoms with Crippen LogP contribution in [-0.4, -0.2) is 10.2 Å². The van der Waals surface area contributed by atoms with Crippen LogP contribution in [0.15, 0.2) is 16.7 Å². The maximum Gasteiger partial charge on any atom is 0.113 e. The molecule has 5 heteroatoms. The van der Waals surface area contributed by atoms with E-state index in [4.69, 9.17) is 23.2 Å². The lowest BCUT2D eigenvalue weighted by Crippen LogP contribution is -1.71. The fraction of sp³-hybridized carbons (Fsp3) is 0. The largest absolute Gasteiger partial charge is 0.270 e. The summed E-state index contributed by atoms with van der Waals surface area (Å²) in [6, 6.07) is 3.46. The zero-order valence-electron chi connectivity index (χ0n) is 5.74. The lowest BCUT2D eigenvalue weighted by atomic mass is 10.2. The van der Waals surface area contributed by atoms with E-state index in [0.29, 0.717) is 15.6 Å². The predicted octanol–water partition coefficient (Wildman–Crippen LogP) is 3.63. The Bertz CT molecular complexity index is 438. The molecule has 0 bridgehead atoms. The summed E-state index contributed by atoms with van der Waals surface area (Å²) in [7, 11) is 0. The summed E-state index contributed by atoms with van der Waals surface area (Å²) in [5.41, 5.74) is 0.691. The first kappa shape index (κ1) is 8.35. The van der Waals surface area contributed by atoms with E-state index in [2.05, 4.69) is 26.1 Å².